The van der Waals surface area contributed by atoms with Crippen LogP contribution < -0.4 is 31.9 Å². The Morgan fingerprint density at radius 1 is 0.677 bits per heavy atom. The zero-order chi connectivity index (χ0) is 45.7. The summed E-state index contributed by atoms with van der Waals surface area (Å²) in [6, 6.07) is 13.0. The van der Waals surface area contributed by atoms with Gasteiger partial charge >= 0.3 is 6.09 Å². The molecule has 0 bridgehead atoms. The Bertz CT molecular complexity index is 1880. The van der Waals surface area contributed by atoms with Gasteiger partial charge in [0.2, 0.25) is 35.4 Å². The van der Waals surface area contributed by atoms with Crippen LogP contribution in [0.5, 0.6) is 0 Å². The van der Waals surface area contributed by atoms with Crippen molar-refractivity contribution in [1.82, 2.24) is 41.9 Å². The highest BCUT2D eigenvalue weighted by Crippen LogP contribution is 2.12. The lowest BCUT2D eigenvalue weighted by Crippen LogP contribution is -2.60. The van der Waals surface area contributed by atoms with Gasteiger partial charge in [0.25, 0.3) is 0 Å². The van der Waals surface area contributed by atoms with Crippen LogP contribution in [0.4, 0.5) is 4.79 Å². The number of carbonyl (C=O) groups excluding carboxylic acids is 7. The first-order valence-electron chi connectivity index (χ1n) is 20.5. The second-order valence-corrected chi connectivity index (χ2v) is 15.8. The number of rotatable bonds is 25. The van der Waals surface area contributed by atoms with Crippen molar-refractivity contribution in [3.05, 3.63) is 90.0 Å². The molecule has 0 saturated carbocycles. The number of carbonyl (C=O) groups is 7. The maximum atomic E-state index is 14.1. The molecule has 4 atom stereocenters. The molecule has 338 valence electrons. The predicted octanol–water partition coefficient (Wildman–Crippen LogP) is 0.291. The lowest BCUT2D eigenvalue weighted by molar-refractivity contribution is -0.136. The Balaban J connectivity index is 1.72. The van der Waals surface area contributed by atoms with E-state index in [-0.39, 0.29) is 51.0 Å². The Morgan fingerprint density at radius 2 is 1.23 bits per heavy atom. The van der Waals surface area contributed by atoms with Crippen molar-refractivity contribution in [3.8, 4) is 0 Å². The molecule has 7 amide bonds. The van der Waals surface area contributed by atoms with Gasteiger partial charge in [0.15, 0.2) is 0 Å². The molecule has 0 radical (unpaired) electrons. The molecular formula is C43H60N8O11. The van der Waals surface area contributed by atoms with E-state index in [2.05, 4.69) is 41.9 Å². The molecule has 0 fully saturated rings. The molecule has 1 heterocycles. The Morgan fingerprint density at radius 3 is 1.77 bits per heavy atom. The lowest BCUT2D eigenvalue weighted by atomic mass is 9.99. The summed E-state index contributed by atoms with van der Waals surface area (Å²) in [6.45, 7) is 4.78. The van der Waals surface area contributed by atoms with E-state index in [1.807, 2.05) is 19.9 Å². The molecule has 3 aromatic rings. The number of nitrogens with zero attached hydrogens (tertiary/aromatic N) is 1. The van der Waals surface area contributed by atoms with Gasteiger partial charge in [0, 0.05) is 31.9 Å². The third-order valence-corrected chi connectivity index (χ3v) is 9.67. The average Bonchev–Trinajstić information content (AvgIpc) is 3.77. The van der Waals surface area contributed by atoms with E-state index in [4.69, 9.17) is 4.74 Å². The molecule has 19 heteroatoms. The van der Waals surface area contributed by atoms with Crippen LogP contribution in [0, 0.1) is 11.8 Å². The van der Waals surface area contributed by atoms with Crippen LogP contribution in [-0.2, 0) is 53.0 Å². The SMILES string of the molecule is CC(C)C[C@H](NC(=O)[C@H](Cc1c[nH]cn1)NC(=O)[C@H](Cc1ccccc1)NC(=O)OCc1ccccc1)C(=O)N[C@H](C(=O)NC(=O)CCCC(=O)NC(CO)(CO)CO)C(C)C. The van der Waals surface area contributed by atoms with Gasteiger partial charge in [-0.25, -0.2) is 9.78 Å². The summed E-state index contributed by atoms with van der Waals surface area (Å²) < 4.78 is 5.39. The number of aliphatic hydroxyl groups is 3. The zero-order valence-corrected chi connectivity index (χ0v) is 35.5. The van der Waals surface area contributed by atoms with Gasteiger partial charge in [-0.05, 0) is 35.8 Å². The fourth-order valence-electron chi connectivity index (χ4n) is 6.14. The minimum Gasteiger partial charge on any atom is -0.445 e. The zero-order valence-electron chi connectivity index (χ0n) is 35.5. The first-order valence-corrected chi connectivity index (χ1v) is 20.5. The van der Waals surface area contributed by atoms with E-state index in [0.29, 0.717) is 5.69 Å². The van der Waals surface area contributed by atoms with E-state index in [1.54, 1.807) is 74.6 Å². The fraction of sp³-hybridized carbons (Fsp3) is 0.488. The maximum absolute atomic E-state index is 14.1. The third kappa shape index (κ3) is 17.1. The largest absolute Gasteiger partial charge is 0.445 e. The fourth-order valence-corrected chi connectivity index (χ4v) is 6.14. The summed E-state index contributed by atoms with van der Waals surface area (Å²) in [4.78, 5) is 100. The van der Waals surface area contributed by atoms with E-state index in [9.17, 15) is 48.9 Å². The van der Waals surface area contributed by atoms with E-state index < -0.39 is 97.0 Å². The summed E-state index contributed by atoms with van der Waals surface area (Å²) >= 11 is 0. The van der Waals surface area contributed by atoms with E-state index in [0.717, 1.165) is 11.1 Å². The molecule has 62 heavy (non-hydrogen) atoms. The van der Waals surface area contributed by atoms with Gasteiger partial charge in [-0.2, -0.15) is 0 Å². The minimum atomic E-state index is -1.62. The second kappa shape index (κ2) is 25.6. The van der Waals surface area contributed by atoms with Crippen LogP contribution in [0.25, 0.3) is 0 Å². The Hall–Kier alpha value is -6.18. The topological polar surface area (TPSA) is 290 Å². The summed E-state index contributed by atoms with van der Waals surface area (Å²) in [7, 11) is 0. The molecule has 3 rings (SSSR count). The monoisotopic (exact) mass is 864 g/mol. The molecule has 19 nitrogen and oxygen atoms in total. The van der Waals surface area contributed by atoms with Gasteiger partial charge in [-0.1, -0.05) is 88.4 Å². The molecule has 0 aliphatic heterocycles. The van der Waals surface area contributed by atoms with Crippen molar-refractivity contribution >= 4 is 41.5 Å². The smallest absolute Gasteiger partial charge is 0.408 e. The number of H-pyrrole nitrogens is 1. The van der Waals surface area contributed by atoms with Crippen LogP contribution in [0.15, 0.2) is 73.2 Å². The second-order valence-electron chi connectivity index (χ2n) is 15.8. The predicted molar refractivity (Wildman–Crippen MR) is 225 cm³/mol. The molecular weight excluding hydrogens is 805 g/mol. The van der Waals surface area contributed by atoms with Crippen molar-refractivity contribution in [1.29, 1.82) is 0 Å². The molecule has 2 aromatic carbocycles. The van der Waals surface area contributed by atoms with Crippen molar-refractivity contribution < 1.29 is 53.6 Å². The van der Waals surface area contributed by atoms with E-state index >= 15 is 0 Å². The quantitative estimate of drug-likeness (QED) is 0.0550. The van der Waals surface area contributed by atoms with Gasteiger partial charge in [0.1, 0.15) is 36.3 Å². The lowest BCUT2D eigenvalue weighted by Gasteiger charge is -2.28. The van der Waals surface area contributed by atoms with Crippen molar-refractivity contribution in [2.45, 2.75) is 103 Å². The van der Waals surface area contributed by atoms with Crippen molar-refractivity contribution in [2.24, 2.45) is 11.8 Å². The third-order valence-electron chi connectivity index (χ3n) is 9.67. The van der Waals surface area contributed by atoms with Gasteiger partial charge in [-0.15, -0.1) is 0 Å². The molecule has 1 aromatic heterocycles. The highest BCUT2D eigenvalue weighted by atomic mass is 16.5. The normalized spacial score (nSPS) is 13.2. The van der Waals surface area contributed by atoms with Crippen LogP contribution >= 0.6 is 0 Å². The van der Waals surface area contributed by atoms with E-state index in [1.165, 1.54) is 6.33 Å². The number of aromatic amines is 1. The number of aromatic nitrogens is 2. The van der Waals surface area contributed by atoms with Crippen LogP contribution in [-0.4, -0.2) is 116 Å². The minimum absolute atomic E-state index is 0.0120. The Labute approximate surface area is 360 Å². The standard InChI is InChI=1S/C43H60N8O11/c1-27(2)18-32(40(59)50-37(28(3)4)41(60)49-35(55)16-11-17-36(56)51-43(23-52,24-53)25-54)46-39(58)34(20-31-21-44-26-45-31)47-38(57)33(19-29-12-7-5-8-13-29)48-42(61)62-22-30-14-9-6-10-15-30/h5-10,12-15,21,26-28,32-34,37,52-54H,11,16-20,22-25H2,1-4H3,(H,44,45)(H,46,58)(H,47,57)(H,48,61)(H,50,59)(H,51,56)(H,49,55,60)/t32-,33-,34-,37-/m0/s1. The molecule has 0 aliphatic rings. The summed E-state index contributed by atoms with van der Waals surface area (Å²) in [5.41, 5.74) is 0.254. The number of hydrogen-bond acceptors (Lipinski definition) is 12. The number of amides is 7. The number of nitrogens with one attached hydrogen (secondary N) is 7. The molecule has 10 N–H and O–H groups in total. The number of ether oxygens (including phenoxy) is 1. The number of alkyl carbamates (subject to hydrolysis) is 1. The van der Waals surface area contributed by atoms with Crippen LogP contribution in [0.2, 0.25) is 0 Å². The maximum Gasteiger partial charge on any atom is 0.408 e. The molecule has 0 unspecified atom stereocenters. The van der Waals surface area contributed by atoms with Crippen LogP contribution in [0.3, 0.4) is 0 Å². The number of imide groups is 1. The first-order chi connectivity index (χ1) is 29.6. The number of imidazole rings is 1. The molecule has 0 aliphatic carbocycles. The number of hydrogen-bond donors (Lipinski definition) is 10. The highest BCUT2D eigenvalue weighted by molar-refractivity contribution is 6.00. The number of benzene rings is 2. The summed E-state index contributed by atoms with van der Waals surface area (Å²) in [5.74, 6) is -5.01. The Kier molecular flexibility index (Phi) is 20.7. The van der Waals surface area contributed by atoms with Gasteiger partial charge in [0.05, 0.1) is 31.8 Å². The number of aliphatic hydroxyl groups excluding tert-OH is 3. The van der Waals surface area contributed by atoms with Crippen LogP contribution in [0.1, 0.15) is 70.2 Å². The molecule has 0 saturated heterocycles. The van der Waals surface area contributed by atoms with Gasteiger partial charge in [-0.3, -0.25) is 34.1 Å². The molecule has 0 spiro atoms. The van der Waals surface area contributed by atoms with Crippen molar-refractivity contribution in [3.63, 3.8) is 0 Å². The summed E-state index contributed by atoms with van der Waals surface area (Å²) in [6.07, 6.45) is 1.70. The highest BCUT2D eigenvalue weighted by Gasteiger charge is 2.34. The van der Waals surface area contributed by atoms with Gasteiger partial charge < -0.3 is 51.6 Å². The van der Waals surface area contributed by atoms with Crippen molar-refractivity contribution in [2.75, 3.05) is 19.8 Å². The first kappa shape index (κ1) is 50.2. The average molecular weight is 865 g/mol. The summed E-state index contributed by atoms with van der Waals surface area (Å²) in [5, 5.41) is 43.6.